The first kappa shape index (κ1) is 19.9. The molecule has 0 N–H and O–H groups in total. The Morgan fingerprint density at radius 3 is 2.88 bits per heavy atom. The number of fused-ring (bicyclic) bond motifs is 3. The lowest BCUT2D eigenvalue weighted by atomic mass is 9.93. The maximum atomic E-state index is 12.8. The summed E-state index contributed by atoms with van der Waals surface area (Å²) < 4.78 is 8.60. The van der Waals surface area contributed by atoms with Crippen LogP contribution in [0.2, 0.25) is 5.02 Å². The molecule has 4 heterocycles. The van der Waals surface area contributed by atoms with Crippen molar-refractivity contribution in [1.82, 2.24) is 29.2 Å². The van der Waals surface area contributed by atoms with Gasteiger partial charge in [0.2, 0.25) is 5.89 Å². The van der Waals surface area contributed by atoms with Crippen LogP contribution in [-0.2, 0) is 13.6 Å². The van der Waals surface area contributed by atoms with Crippen LogP contribution in [0.15, 0.2) is 40.2 Å². The Labute approximate surface area is 193 Å². The molecule has 11 heteroatoms. The molecule has 3 aromatic heterocycles. The first-order chi connectivity index (χ1) is 16.0. The summed E-state index contributed by atoms with van der Waals surface area (Å²) in [6, 6.07) is 8.06. The molecule has 1 saturated heterocycles. The largest absolute Gasteiger partial charge is 0.368 e. The van der Waals surface area contributed by atoms with Crippen molar-refractivity contribution < 1.29 is 4.52 Å². The maximum absolute atomic E-state index is 12.8. The molecule has 0 spiro atoms. The zero-order valence-electron chi connectivity index (χ0n) is 17.7. The third-order valence-electron chi connectivity index (χ3n) is 6.77. The van der Waals surface area contributed by atoms with Crippen molar-refractivity contribution in [3.8, 4) is 6.07 Å². The number of hydrogen-bond donors (Lipinski definition) is 0. The van der Waals surface area contributed by atoms with E-state index in [1.165, 1.54) is 10.9 Å². The Hall–Kier alpha value is -3.71. The van der Waals surface area contributed by atoms with Crippen molar-refractivity contribution in [3.63, 3.8) is 0 Å². The van der Waals surface area contributed by atoms with Crippen LogP contribution in [0.1, 0.15) is 36.0 Å². The van der Waals surface area contributed by atoms with Gasteiger partial charge in [0.1, 0.15) is 18.9 Å². The lowest BCUT2D eigenvalue weighted by Gasteiger charge is -2.32. The van der Waals surface area contributed by atoms with E-state index in [0.29, 0.717) is 45.4 Å². The molecule has 1 aromatic carbocycles. The quantitative estimate of drug-likeness (QED) is 0.453. The minimum atomic E-state index is -0.198. The average molecular weight is 463 g/mol. The number of benzene rings is 1. The van der Waals surface area contributed by atoms with Gasteiger partial charge in [-0.1, -0.05) is 16.8 Å². The summed E-state index contributed by atoms with van der Waals surface area (Å²) in [6.07, 6.45) is 4.99. The monoisotopic (exact) mass is 462 g/mol. The Balaban J connectivity index is 1.18. The number of rotatable bonds is 4. The molecule has 2 aliphatic rings. The fraction of sp³-hybridized carbons (Fsp3) is 0.364. The van der Waals surface area contributed by atoms with Crippen LogP contribution < -0.4 is 10.5 Å². The van der Waals surface area contributed by atoms with Crippen molar-refractivity contribution >= 4 is 28.5 Å². The van der Waals surface area contributed by atoms with Crippen LogP contribution in [0.25, 0.3) is 11.2 Å². The standard InChI is InChI=1S/C22H19ClN8O2/c1-29-10-25-21-19(29)22(32)30(11-26-21)9-18-27-20(28-33-18)16-5-15-4-13(16)8-31(15)14-3-2-12(7-24)17(23)6-14/h2-3,6,10-11,13,15-16H,4-5,8-9H2,1H3/t13-,15?,16+/m0/s1. The third kappa shape index (κ3) is 3.19. The second kappa shape index (κ2) is 7.42. The van der Waals surface area contributed by atoms with E-state index in [4.69, 9.17) is 21.4 Å². The van der Waals surface area contributed by atoms with Gasteiger partial charge in [0.05, 0.1) is 16.9 Å². The number of imidazole rings is 1. The van der Waals surface area contributed by atoms with Gasteiger partial charge in [-0.05, 0) is 37.0 Å². The SMILES string of the molecule is Cn1cnc2ncn(Cc3nc([C@@H]4CC5C[C@H]4CN5c4ccc(C#N)c(Cl)c4)no3)c(=O)c21. The summed E-state index contributed by atoms with van der Waals surface area (Å²) in [7, 11) is 1.76. The van der Waals surface area contributed by atoms with Crippen LogP contribution >= 0.6 is 11.6 Å². The molecule has 33 heavy (non-hydrogen) atoms. The minimum Gasteiger partial charge on any atom is -0.368 e. The van der Waals surface area contributed by atoms with E-state index in [0.717, 1.165) is 25.1 Å². The number of piperidine rings is 1. The summed E-state index contributed by atoms with van der Waals surface area (Å²) in [6.45, 7) is 1.04. The van der Waals surface area contributed by atoms with E-state index in [1.807, 2.05) is 12.1 Å². The molecule has 3 atom stereocenters. The topological polar surface area (TPSA) is 119 Å². The second-order valence-corrected chi connectivity index (χ2v) is 9.08. The van der Waals surface area contributed by atoms with E-state index in [2.05, 4.69) is 31.1 Å². The Bertz CT molecular complexity index is 1480. The molecule has 1 aliphatic carbocycles. The molecule has 166 valence electrons. The number of aromatic nitrogens is 6. The average Bonchev–Trinajstić information content (AvgIpc) is 3.59. The molecule has 4 aromatic rings. The first-order valence-corrected chi connectivity index (χ1v) is 11.0. The molecular formula is C22H19ClN8O2. The van der Waals surface area contributed by atoms with E-state index < -0.39 is 0 Å². The van der Waals surface area contributed by atoms with Crippen LogP contribution in [0, 0.1) is 17.2 Å². The van der Waals surface area contributed by atoms with Crippen molar-refractivity contribution in [2.24, 2.45) is 13.0 Å². The fourth-order valence-corrected chi connectivity index (χ4v) is 5.39. The van der Waals surface area contributed by atoms with E-state index in [9.17, 15) is 4.79 Å². The van der Waals surface area contributed by atoms with Gasteiger partial charge < -0.3 is 14.0 Å². The molecule has 0 amide bonds. The van der Waals surface area contributed by atoms with E-state index in [1.54, 1.807) is 24.0 Å². The maximum Gasteiger partial charge on any atom is 0.280 e. The molecule has 10 nitrogen and oxygen atoms in total. The zero-order chi connectivity index (χ0) is 22.7. The van der Waals surface area contributed by atoms with E-state index in [-0.39, 0.29) is 18.0 Å². The Morgan fingerprint density at radius 2 is 2.12 bits per heavy atom. The van der Waals surface area contributed by atoms with Gasteiger partial charge in [-0.3, -0.25) is 9.36 Å². The molecule has 6 rings (SSSR count). The van der Waals surface area contributed by atoms with Gasteiger partial charge in [0.15, 0.2) is 17.0 Å². The highest BCUT2D eigenvalue weighted by atomic mass is 35.5. The lowest BCUT2D eigenvalue weighted by molar-refractivity contribution is 0.353. The molecule has 0 radical (unpaired) electrons. The van der Waals surface area contributed by atoms with Crippen LogP contribution in [0.4, 0.5) is 5.69 Å². The van der Waals surface area contributed by atoms with Gasteiger partial charge in [-0.2, -0.15) is 10.2 Å². The van der Waals surface area contributed by atoms with Gasteiger partial charge in [0.25, 0.3) is 5.56 Å². The molecule has 1 aliphatic heterocycles. The molecule has 1 saturated carbocycles. The predicted molar refractivity (Wildman–Crippen MR) is 119 cm³/mol. The molecule has 2 bridgehead atoms. The summed E-state index contributed by atoms with van der Waals surface area (Å²) in [4.78, 5) is 28.1. The summed E-state index contributed by atoms with van der Waals surface area (Å²) in [5, 5.41) is 13.8. The second-order valence-electron chi connectivity index (χ2n) is 8.67. The fourth-order valence-electron chi connectivity index (χ4n) is 5.17. The highest BCUT2D eigenvalue weighted by Gasteiger charge is 2.47. The van der Waals surface area contributed by atoms with E-state index >= 15 is 0 Å². The van der Waals surface area contributed by atoms with Gasteiger partial charge >= 0.3 is 0 Å². The van der Waals surface area contributed by atoms with Crippen molar-refractivity contribution in [3.05, 3.63) is 63.5 Å². The number of hydrogen-bond acceptors (Lipinski definition) is 8. The third-order valence-corrected chi connectivity index (χ3v) is 7.08. The Morgan fingerprint density at radius 1 is 1.27 bits per heavy atom. The molecular weight excluding hydrogens is 444 g/mol. The number of aryl methyl sites for hydroxylation is 1. The molecule has 2 fully saturated rings. The zero-order valence-corrected chi connectivity index (χ0v) is 18.5. The first-order valence-electron chi connectivity index (χ1n) is 10.7. The summed E-state index contributed by atoms with van der Waals surface area (Å²) in [5.74, 6) is 1.70. The van der Waals surface area contributed by atoms with Gasteiger partial charge in [-0.25, -0.2) is 9.97 Å². The number of nitrogens with zero attached hydrogens (tertiary/aromatic N) is 8. The summed E-state index contributed by atoms with van der Waals surface area (Å²) in [5.41, 5.74) is 2.18. The van der Waals surface area contributed by atoms with Crippen molar-refractivity contribution in [1.29, 1.82) is 5.26 Å². The van der Waals surface area contributed by atoms with Crippen molar-refractivity contribution in [2.45, 2.75) is 31.3 Å². The van der Waals surface area contributed by atoms with Gasteiger partial charge in [0, 0.05) is 31.2 Å². The number of anilines is 1. The normalized spacial score (nSPS) is 21.7. The van der Waals surface area contributed by atoms with Crippen LogP contribution in [0.3, 0.4) is 0 Å². The highest BCUT2D eigenvalue weighted by molar-refractivity contribution is 6.32. The minimum absolute atomic E-state index is 0.163. The predicted octanol–water partition coefficient (Wildman–Crippen LogP) is 2.47. The number of nitriles is 1. The van der Waals surface area contributed by atoms with Crippen LogP contribution in [-0.4, -0.2) is 41.8 Å². The lowest BCUT2D eigenvalue weighted by Crippen LogP contribution is -2.35. The smallest absolute Gasteiger partial charge is 0.280 e. The van der Waals surface area contributed by atoms with Crippen molar-refractivity contribution in [2.75, 3.05) is 11.4 Å². The van der Waals surface area contributed by atoms with Gasteiger partial charge in [-0.15, -0.1) is 0 Å². The number of halogens is 1. The van der Waals surface area contributed by atoms with Crippen LogP contribution in [0.5, 0.6) is 0 Å². The Kier molecular flexibility index (Phi) is 4.48. The molecule has 1 unspecified atom stereocenters. The summed E-state index contributed by atoms with van der Waals surface area (Å²) >= 11 is 6.23. The highest BCUT2D eigenvalue weighted by Crippen LogP contribution is 2.48.